The summed E-state index contributed by atoms with van der Waals surface area (Å²) in [5.74, 6) is 0. The molecule has 10 aromatic carbocycles. The predicted molar refractivity (Wildman–Crippen MR) is 256 cm³/mol. The molecule has 1 aliphatic rings. The molecule has 1 aliphatic heterocycles. The van der Waals surface area contributed by atoms with Gasteiger partial charge in [-0.2, -0.15) is 29.5 Å². The second-order valence-electron chi connectivity index (χ2n) is 15.5. The van der Waals surface area contributed by atoms with Gasteiger partial charge >= 0.3 is 0 Å². The van der Waals surface area contributed by atoms with Crippen LogP contribution in [0.1, 0.15) is 22.3 Å². The van der Waals surface area contributed by atoms with Crippen molar-refractivity contribution in [1.82, 2.24) is 0 Å². The average Bonchev–Trinajstić information content (AvgIpc) is 4.03. The number of benzene rings is 8. The Morgan fingerprint density at radius 1 is 0.400 bits per heavy atom. The molecule has 0 aromatic heterocycles. The Labute approximate surface area is 376 Å². The molecule has 0 aliphatic carbocycles. The van der Waals surface area contributed by atoms with E-state index < -0.39 is 0 Å². The molecule has 0 fully saturated rings. The Bertz CT molecular complexity index is 2850. The number of aryl methyl sites for hydroxylation is 2. The summed E-state index contributed by atoms with van der Waals surface area (Å²) in [6.07, 6.45) is 0. The van der Waals surface area contributed by atoms with E-state index in [4.69, 9.17) is 0 Å². The van der Waals surface area contributed by atoms with E-state index in [1.807, 2.05) is 6.07 Å². The van der Waals surface area contributed by atoms with Gasteiger partial charge in [0, 0.05) is 25.8 Å². The second-order valence-corrected chi connectivity index (χ2v) is 16.8. The van der Waals surface area contributed by atoms with Crippen LogP contribution in [0.5, 0.6) is 0 Å². The molecule has 0 N–H and O–H groups in total. The first-order valence-corrected chi connectivity index (χ1v) is 21.4. The summed E-state index contributed by atoms with van der Waals surface area (Å²) in [6.45, 7) is 8.79. The van der Waals surface area contributed by atoms with E-state index in [1.165, 1.54) is 110 Å². The number of fused-ring (bicyclic) bond motifs is 5. The summed E-state index contributed by atoms with van der Waals surface area (Å²) >= 11 is 0. The van der Waals surface area contributed by atoms with Gasteiger partial charge in [-0.1, -0.05) is 179 Å². The molecule has 0 unspecified atom stereocenters. The molecule has 0 nitrogen and oxygen atoms in total. The molecular weight excluding hydrogens is 903 g/mol. The Kier molecular flexibility index (Phi) is 12.3. The third kappa shape index (κ3) is 8.28. The van der Waals surface area contributed by atoms with Crippen LogP contribution in [0.25, 0.3) is 77.2 Å². The van der Waals surface area contributed by atoms with Crippen LogP contribution in [0.2, 0.25) is 0 Å². The molecule has 0 bridgehead atoms. The largest absolute Gasteiger partial charge is 0.184 e. The van der Waals surface area contributed by atoms with Crippen molar-refractivity contribution in [3.05, 3.63) is 229 Å². The van der Waals surface area contributed by atoms with Crippen LogP contribution < -0.4 is 10.4 Å². The van der Waals surface area contributed by atoms with E-state index in [2.05, 4.69) is 228 Å². The molecule has 2 radical (unpaired) electrons. The molecular formula is C58H45HfSi-3. The van der Waals surface area contributed by atoms with Crippen molar-refractivity contribution in [3.63, 3.8) is 0 Å². The van der Waals surface area contributed by atoms with Gasteiger partial charge in [0.15, 0.2) is 0 Å². The average molecular weight is 949 g/mol. The number of rotatable bonds is 4. The van der Waals surface area contributed by atoms with Crippen molar-refractivity contribution in [2.24, 2.45) is 0 Å². The van der Waals surface area contributed by atoms with Gasteiger partial charge in [0.2, 0.25) is 0 Å². The quantitative estimate of drug-likeness (QED) is 0.122. The molecule has 0 saturated carbocycles. The molecule has 1 heterocycles. The second kappa shape index (κ2) is 18.1. The summed E-state index contributed by atoms with van der Waals surface area (Å²) in [6, 6.07) is 74.9. The van der Waals surface area contributed by atoms with Gasteiger partial charge < -0.3 is 0 Å². The summed E-state index contributed by atoms with van der Waals surface area (Å²) in [4.78, 5) is 0. The van der Waals surface area contributed by atoms with Gasteiger partial charge in [0.1, 0.15) is 0 Å². The van der Waals surface area contributed by atoms with Crippen molar-refractivity contribution < 1.29 is 25.8 Å². The molecule has 0 spiro atoms. The number of hydrogen-bond donors (Lipinski definition) is 0. The van der Waals surface area contributed by atoms with Crippen molar-refractivity contribution >= 4 is 41.4 Å². The Morgan fingerprint density at radius 2 is 0.833 bits per heavy atom. The van der Waals surface area contributed by atoms with Gasteiger partial charge in [-0.25, -0.2) is 0 Å². The molecule has 0 atom stereocenters. The number of hydrogen-bond acceptors (Lipinski definition) is 0. The first kappa shape index (κ1) is 40.8. The van der Waals surface area contributed by atoms with E-state index in [0.717, 1.165) is 9.52 Å². The Hall–Kier alpha value is -5.93. The van der Waals surface area contributed by atoms with Crippen molar-refractivity contribution in [2.75, 3.05) is 0 Å². The predicted octanol–water partition coefficient (Wildman–Crippen LogP) is 14.1. The maximum absolute atomic E-state index is 3.31. The standard InChI is InChI=1S/2C23H19.C12H7Si.Hf/c2*1-16-8-6-12-21(17(16)2)22-13-7-11-19-14-20(15-23(19)22)18-9-4-3-5-10-18;1-3-7-11-9(5-1)10-6-2-4-8-12(10)13-11;/h2*3-15H,1-2H3;1-7H;/q3*-1;. The van der Waals surface area contributed by atoms with E-state index >= 15 is 0 Å². The van der Waals surface area contributed by atoms with E-state index in [0.29, 0.717) is 0 Å². The van der Waals surface area contributed by atoms with Crippen molar-refractivity contribution in [2.45, 2.75) is 27.7 Å². The summed E-state index contributed by atoms with van der Waals surface area (Å²) in [5, 5.41) is 8.10. The topological polar surface area (TPSA) is 0 Å². The minimum absolute atomic E-state index is 0. The fraction of sp³-hybridized carbons (Fsp3) is 0.0690. The summed E-state index contributed by atoms with van der Waals surface area (Å²) in [7, 11) is 0.795. The third-order valence-electron chi connectivity index (χ3n) is 11.8. The van der Waals surface area contributed by atoms with Crippen molar-refractivity contribution in [1.29, 1.82) is 0 Å². The zero-order chi connectivity index (χ0) is 40.3. The van der Waals surface area contributed by atoms with Crippen LogP contribution in [-0.2, 0) is 25.8 Å². The summed E-state index contributed by atoms with van der Waals surface area (Å²) in [5.41, 5.74) is 18.6. The van der Waals surface area contributed by atoms with Gasteiger partial charge in [-0.05, 0) is 61.1 Å². The fourth-order valence-corrected chi connectivity index (χ4v) is 9.66. The molecule has 11 rings (SSSR count). The molecule has 288 valence electrons. The Balaban J connectivity index is 0.000000128. The molecule has 0 amide bonds. The Morgan fingerprint density at radius 3 is 1.37 bits per heavy atom. The third-order valence-corrected chi connectivity index (χ3v) is 13.2. The van der Waals surface area contributed by atoms with E-state index in [9.17, 15) is 0 Å². The maximum Gasteiger partial charge on any atom is 0.0920 e. The van der Waals surface area contributed by atoms with Crippen LogP contribution in [-0.4, -0.2) is 9.52 Å². The van der Waals surface area contributed by atoms with Gasteiger partial charge in [0.25, 0.3) is 0 Å². The first-order valence-electron chi connectivity index (χ1n) is 20.4. The van der Waals surface area contributed by atoms with Gasteiger partial charge in [-0.15, -0.1) is 74.6 Å². The molecule has 0 saturated heterocycles. The normalized spacial score (nSPS) is 11.1. The fourth-order valence-electron chi connectivity index (χ4n) is 8.35. The first-order chi connectivity index (χ1) is 28.9. The van der Waals surface area contributed by atoms with E-state index in [-0.39, 0.29) is 25.8 Å². The molecule has 60 heavy (non-hydrogen) atoms. The SMILES string of the molecule is Cc1cccc(-c2cccc3[cH-]c(-c4ccccc4)cc23)c1C.Cc1cccc(-c2cccc3[cH-]c(-c4ccccc4)cc23)c1C.[Hf].[c-]1cccc2c1[Si]c1ccccc1-2. The maximum atomic E-state index is 3.31. The summed E-state index contributed by atoms with van der Waals surface area (Å²) < 4.78 is 0. The van der Waals surface area contributed by atoms with Crippen LogP contribution in [0, 0.1) is 33.8 Å². The minimum atomic E-state index is 0. The minimum Gasteiger partial charge on any atom is -0.184 e. The van der Waals surface area contributed by atoms with Crippen LogP contribution in [0.15, 0.2) is 200 Å². The van der Waals surface area contributed by atoms with Crippen LogP contribution >= 0.6 is 0 Å². The zero-order valence-electron chi connectivity index (χ0n) is 34.6. The smallest absolute Gasteiger partial charge is 0.0920 e. The van der Waals surface area contributed by atoms with E-state index in [1.54, 1.807) is 0 Å². The zero-order valence-corrected chi connectivity index (χ0v) is 39.1. The van der Waals surface area contributed by atoms with Crippen LogP contribution in [0.3, 0.4) is 0 Å². The monoisotopic (exact) mass is 949 g/mol. The molecule has 10 aromatic rings. The van der Waals surface area contributed by atoms with Gasteiger partial charge in [-0.3, -0.25) is 0 Å². The molecule has 2 heteroatoms. The van der Waals surface area contributed by atoms with Crippen molar-refractivity contribution in [3.8, 4) is 55.6 Å². The van der Waals surface area contributed by atoms with Gasteiger partial charge in [0.05, 0.1) is 9.52 Å². The van der Waals surface area contributed by atoms with Crippen LogP contribution in [0.4, 0.5) is 0 Å².